The van der Waals surface area contributed by atoms with Crippen molar-refractivity contribution in [2.24, 2.45) is 0 Å². The monoisotopic (exact) mass is 283 g/mol. The molecule has 0 unspecified atom stereocenters. The Hall–Kier alpha value is -0.380. The third-order valence-electron chi connectivity index (χ3n) is 3.22. The number of halogens is 1. The average molecular weight is 284 g/mol. The van der Waals surface area contributed by atoms with Crippen molar-refractivity contribution in [3.63, 3.8) is 0 Å². The fourth-order valence-electron chi connectivity index (χ4n) is 2.43. The summed E-state index contributed by atoms with van der Waals surface area (Å²) >= 11 is 3.46. The summed E-state index contributed by atoms with van der Waals surface area (Å²) in [5.41, 5.74) is 1.40. The molecule has 3 heteroatoms. The van der Waals surface area contributed by atoms with Crippen LogP contribution in [0.3, 0.4) is 0 Å². The molecule has 88 valence electrons. The largest absolute Gasteiger partial charge is 0.396 e. The maximum atomic E-state index is 8.89. The Morgan fingerprint density at radius 2 is 2.06 bits per heavy atom. The van der Waals surface area contributed by atoms with E-state index in [2.05, 4.69) is 45.1 Å². The highest BCUT2D eigenvalue weighted by Crippen LogP contribution is 2.32. The third-order valence-corrected chi connectivity index (χ3v) is 3.75. The first-order chi connectivity index (χ1) is 7.81. The molecule has 1 saturated heterocycles. The minimum absolute atomic E-state index is 0.295. The predicted octanol–water partition coefficient (Wildman–Crippen LogP) is 2.97. The summed E-state index contributed by atoms with van der Waals surface area (Å²) in [6, 6.07) is 9.17. The number of benzene rings is 1. The van der Waals surface area contributed by atoms with Crippen LogP contribution in [-0.2, 0) is 0 Å². The predicted molar refractivity (Wildman–Crippen MR) is 69.4 cm³/mol. The summed E-state index contributed by atoms with van der Waals surface area (Å²) in [7, 11) is 0. The van der Waals surface area contributed by atoms with Crippen LogP contribution in [0.4, 0.5) is 0 Å². The smallest absolute Gasteiger partial charge is 0.0443 e. The summed E-state index contributed by atoms with van der Waals surface area (Å²) in [6.07, 6.45) is 3.40. The summed E-state index contributed by atoms with van der Waals surface area (Å²) in [6.45, 7) is 2.47. The zero-order chi connectivity index (χ0) is 11.4. The molecule has 0 radical (unpaired) electrons. The maximum absolute atomic E-state index is 8.89. The van der Waals surface area contributed by atoms with Crippen LogP contribution in [0.25, 0.3) is 0 Å². The molecule has 1 fully saturated rings. The van der Waals surface area contributed by atoms with Crippen LogP contribution >= 0.6 is 15.9 Å². The van der Waals surface area contributed by atoms with Gasteiger partial charge in [-0.3, -0.25) is 4.90 Å². The first kappa shape index (κ1) is 12.1. The van der Waals surface area contributed by atoms with Gasteiger partial charge in [0.1, 0.15) is 0 Å². The molecule has 0 amide bonds. The van der Waals surface area contributed by atoms with Crippen LogP contribution in [0, 0.1) is 0 Å². The second-order valence-corrected chi connectivity index (χ2v) is 5.24. The molecule has 1 heterocycles. The van der Waals surface area contributed by atoms with Crippen LogP contribution in [0.1, 0.15) is 30.9 Å². The standard InChI is InChI=1S/C13H18BrNO/c14-12-6-4-11(5-7-12)13-3-1-8-15(13)9-2-10-16/h4-7,13,16H,1-3,8-10H2/t13-/m1/s1. The van der Waals surface area contributed by atoms with E-state index in [0.717, 1.165) is 17.4 Å². The number of likely N-dealkylation sites (tertiary alicyclic amines) is 1. The van der Waals surface area contributed by atoms with Gasteiger partial charge in [0.2, 0.25) is 0 Å². The van der Waals surface area contributed by atoms with Gasteiger partial charge in [-0.15, -0.1) is 0 Å². The fraction of sp³-hybridized carbons (Fsp3) is 0.538. The minimum atomic E-state index is 0.295. The van der Waals surface area contributed by atoms with E-state index in [9.17, 15) is 0 Å². The number of hydrogen-bond acceptors (Lipinski definition) is 2. The van der Waals surface area contributed by atoms with Crippen LogP contribution in [-0.4, -0.2) is 29.7 Å². The Morgan fingerprint density at radius 3 is 2.75 bits per heavy atom. The van der Waals surface area contributed by atoms with Gasteiger partial charge in [-0.25, -0.2) is 0 Å². The first-order valence-electron chi connectivity index (χ1n) is 5.91. The van der Waals surface area contributed by atoms with Gasteiger partial charge in [0, 0.05) is 23.7 Å². The molecule has 2 nitrogen and oxygen atoms in total. The zero-order valence-electron chi connectivity index (χ0n) is 9.40. The minimum Gasteiger partial charge on any atom is -0.396 e. The Kier molecular flexibility index (Phi) is 4.38. The van der Waals surface area contributed by atoms with E-state index in [-0.39, 0.29) is 0 Å². The van der Waals surface area contributed by atoms with Gasteiger partial charge in [-0.2, -0.15) is 0 Å². The maximum Gasteiger partial charge on any atom is 0.0443 e. The number of aliphatic hydroxyl groups excluding tert-OH is 1. The van der Waals surface area contributed by atoms with Crippen molar-refractivity contribution in [1.82, 2.24) is 4.90 Å². The van der Waals surface area contributed by atoms with E-state index in [1.807, 2.05) is 0 Å². The molecule has 1 aliphatic rings. The molecule has 1 aromatic rings. The van der Waals surface area contributed by atoms with E-state index in [0.29, 0.717) is 12.6 Å². The Bertz CT molecular complexity index is 325. The van der Waals surface area contributed by atoms with Crippen LogP contribution in [0.2, 0.25) is 0 Å². The van der Waals surface area contributed by atoms with Crippen LogP contribution in [0.15, 0.2) is 28.7 Å². The zero-order valence-corrected chi connectivity index (χ0v) is 11.0. The molecule has 1 N–H and O–H groups in total. The molecule has 0 bridgehead atoms. The van der Waals surface area contributed by atoms with Crippen LogP contribution in [0.5, 0.6) is 0 Å². The van der Waals surface area contributed by atoms with E-state index >= 15 is 0 Å². The normalized spacial score (nSPS) is 21.5. The van der Waals surface area contributed by atoms with Crippen molar-refractivity contribution < 1.29 is 5.11 Å². The lowest BCUT2D eigenvalue weighted by atomic mass is 10.0. The number of hydrogen-bond donors (Lipinski definition) is 1. The Labute approximate surface area is 105 Å². The molecule has 0 aromatic heterocycles. The number of aliphatic hydroxyl groups is 1. The van der Waals surface area contributed by atoms with Gasteiger partial charge >= 0.3 is 0 Å². The highest BCUT2D eigenvalue weighted by atomic mass is 79.9. The van der Waals surface area contributed by atoms with E-state index in [1.165, 1.54) is 24.9 Å². The molecular weight excluding hydrogens is 266 g/mol. The Morgan fingerprint density at radius 1 is 1.31 bits per heavy atom. The third kappa shape index (κ3) is 2.84. The summed E-state index contributed by atoms with van der Waals surface area (Å²) in [5.74, 6) is 0. The summed E-state index contributed by atoms with van der Waals surface area (Å²) < 4.78 is 1.14. The second kappa shape index (κ2) is 5.80. The van der Waals surface area contributed by atoms with Crippen molar-refractivity contribution in [1.29, 1.82) is 0 Å². The molecule has 1 aromatic carbocycles. The van der Waals surface area contributed by atoms with Crippen molar-refractivity contribution in [3.8, 4) is 0 Å². The summed E-state index contributed by atoms with van der Waals surface area (Å²) in [4.78, 5) is 2.49. The van der Waals surface area contributed by atoms with Crippen molar-refractivity contribution in [2.75, 3.05) is 19.7 Å². The van der Waals surface area contributed by atoms with Gasteiger partial charge in [0.15, 0.2) is 0 Å². The van der Waals surface area contributed by atoms with Gasteiger partial charge in [-0.1, -0.05) is 28.1 Å². The first-order valence-corrected chi connectivity index (χ1v) is 6.71. The second-order valence-electron chi connectivity index (χ2n) is 4.32. The molecule has 1 aliphatic heterocycles. The van der Waals surface area contributed by atoms with Gasteiger partial charge < -0.3 is 5.11 Å². The van der Waals surface area contributed by atoms with E-state index in [4.69, 9.17) is 5.11 Å². The molecule has 1 atom stereocenters. The molecule has 0 saturated carbocycles. The van der Waals surface area contributed by atoms with Gasteiger partial charge in [0.05, 0.1) is 0 Å². The molecule has 2 rings (SSSR count). The average Bonchev–Trinajstić information content (AvgIpc) is 2.75. The quantitative estimate of drug-likeness (QED) is 0.919. The van der Waals surface area contributed by atoms with Crippen molar-refractivity contribution in [2.45, 2.75) is 25.3 Å². The van der Waals surface area contributed by atoms with Gasteiger partial charge in [0.25, 0.3) is 0 Å². The lowest BCUT2D eigenvalue weighted by Crippen LogP contribution is -2.25. The number of nitrogens with zero attached hydrogens (tertiary/aromatic N) is 1. The fourth-order valence-corrected chi connectivity index (χ4v) is 2.69. The SMILES string of the molecule is OCCCN1CCC[C@@H]1c1ccc(Br)cc1. The highest BCUT2D eigenvalue weighted by molar-refractivity contribution is 9.10. The van der Waals surface area contributed by atoms with Crippen molar-refractivity contribution >= 4 is 15.9 Å². The Balaban J connectivity index is 2.04. The summed E-state index contributed by atoms with van der Waals surface area (Å²) in [5, 5.41) is 8.89. The van der Waals surface area contributed by atoms with Crippen LogP contribution < -0.4 is 0 Å². The molecule has 16 heavy (non-hydrogen) atoms. The lowest BCUT2D eigenvalue weighted by molar-refractivity contribution is 0.214. The topological polar surface area (TPSA) is 23.5 Å². The van der Waals surface area contributed by atoms with Gasteiger partial charge in [-0.05, 0) is 43.5 Å². The molecule has 0 aliphatic carbocycles. The van der Waals surface area contributed by atoms with E-state index in [1.54, 1.807) is 0 Å². The molecule has 0 spiro atoms. The van der Waals surface area contributed by atoms with Crippen molar-refractivity contribution in [3.05, 3.63) is 34.3 Å². The number of rotatable bonds is 4. The lowest BCUT2D eigenvalue weighted by Gasteiger charge is -2.24. The highest BCUT2D eigenvalue weighted by Gasteiger charge is 2.24. The molecular formula is C13H18BrNO. The van der Waals surface area contributed by atoms with E-state index < -0.39 is 0 Å².